The largest absolute Gasteiger partial charge is 0.122 e. The van der Waals surface area contributed by atoms with Gasteiger partial charge in [0.15, 0.2) is 0 Å². The second-order valence-electron chi connectivity index (χ2n) is 3.83. The van der Waals surface area contributed by atoms with Crippen molar-refractivity contribution in [3.8, 4) is 11.8 Å². The summed E-state index contributed by atoms with van der Waals surface area (Å²) in [4.78, 5) is 0. The molecule has 0 atom stereocenters. The molecule has 3 heteroatoms. The summed E-state index contributed by atoms with van der Waals surface area (Å²) in [6.45, 7) is 0. The Hall–Kier alpha value is -0.610. The van der Waals surface area contributed by atoms with E-state index in [9.17, 15) is 0 Å². The summed E-state index contributed by atoms with van der Waals surface area (Å²) in [7, 11) is 0. The number of hydrogen-bond acceptors (Lipinski definition) is 0. The lowest BCUT2D eigenvalue weighted by molar-refractivity contribution is 0.879. The van der Waals surface area contributed by atoms with Crippen LogP contribution in [0.4, 0.5) is 0 Å². The van der Waals surface area contributed by atoms with Crippen LogP contribution in [-0.4, -0.2) is 11.8 Å². The molecular weight excluding hydrogens is 287 g/mol. The Bertz CT molecular complexity index is 429. The van der Waals surface area contributed by atoms with Crippen molar-refractivity contribution in [1.29, 1.82) is 0 Å². The van der Waals surface area contributed by atoms with Crippen LogP contribution in [0.5, 0.6) is 0 Å². The third-order valence-electron chi connectivity index (χ3n) is 2.36. The molecule has 96 valence electrons. The maximum Gasteiger partial charge on any atom is 0.0445 e. The van der Waals surface area contributed by atoms with Crippen LogP contribution in [0, 0.1) is 11.8 Å². The lowest BCUT2D eigenvalue weighted by Gasteiger charge is -1.96. The third kappa shape index (κ3) is 6.36. The van der Waals surface area contributed by atoms with E-state index in [1.807, 2.05) is 24.3 Å². The summed E-state index contributed by atoms with van der Waals surface area (Å²) in [6, 6.07) is 7.55. The fourth-order valence-corrected chi connectivity index (χ4v) is 1.97. The van der Waals surface area contributed by atoms with E-state index in [1.54, 1.807) is 0 Å². The summed E-state index contributed by atoms with van der Waals surface area (Å²) in [5.41, 5.74) is 2.08. The molecule has 0 aromatic heterocycles. The first-order valence-corrected chi connectivity index (χ1v) is 7.25. The van der Waals surface area contributed by atoms with Gasteiger partial charge in [0, 0.05) is 28.8 Å². The average Bonchev–Trinajstić information content (AvgIpc) is 2.40. The highest BCUT2D eigenvalue weighted by atomic mass is 35.5. The molecule has 0 nitrogen and oxygen atoms in total. The second-order valence-corrected chi connectivity index (χ2v) is 4.80. The fraction of sp³-hybridized carbons (Fsp3) is 0.333. The fourth-order valence-electron chi connectivity index (χ4n) is 1.34. The molecular formula is C15H15Cl3. The Morgan fingerprint density at radius 3 is 2.39 bits per heavy atom. The number of rotatable bonds is 5. The molecule has 0 saturated carbocycles. The third-order valence-corrected chi connectivity index (χ3v) is 3.30. The molecule has 0 radical (unpaired) electrons. The summed E-state index contributed by atoms with van der Waals surface area (Å²) >= 11 is 17.2. The van der Waals surface area contributed by atoms with Gasteiger partial charge in [-0.1, -0.05) is 29.5 Å². The van der Waals surface area contributed by atoms with Crippen LogP contribution in [0.3, 0.4) is 0 Å². The number of unbranched alkanes of at least 4 members (excludes halogenated alkanes) is 2. The van der Waals surface area contributed by atoms with Crippen molar-refractivity contribution in [2.45, 2.75) is 19.3 Å². The van der Waals surface area contributed by atoms with E-state index in [4.69, 9.17) is 34.8 Å². The van der Waals surface area contributed by atoms with Crippen molar-refractivity contribution in [3.05, 3.63) is 46.5 Å². The van der Waals surface area contributed by atoms with E-state index in [-0.39, 0.29) is 0 Å². The van der Waals surface area contributed by atoms with E-state index in [0.29, 0.717) is 11.8 Å². The predicted molar refractivity (Wildman–Crippen MR) is 81.7 cm³/mol. The van der Waals surface area contributed by atoms with E-state index in [1.165, 1.54) is 0 Å². The highest BCUT2D eigenvalue weighted by Gasteiger charge is 1.91. The Morgan fingerprint density at radius 2 is 1.78 bits per heavy atom. The number of hydrogen-bond donors (Lipinski definition) is 0. The van der Waals surface area contributed by atoms with Crippen molar-refractivity contribution >= 4 is 34.8 Å². The molecule has 0 aliphatic carbocycles. The molecule has 1 aromatic carbocycles. The standard InChI is InChI=1S/C15H15Cl3/c16-11-14(12-17)6-4-2-1-3-5-13-7-9-15(18)10-8-13/h6-10H,1-2,4,11-12H2. The van der Waals surface area contributed by atoms with Gasteiger partial charge in [-0.3, -0.25) is 0 Å². The van der Waals surface area contributed by atoms with Crippen LogP contribution in [0.1, 0.15) is 24.8 Å². The first-order chi connectivity index (χ1) is 8.76. The van der Waals surface area contributed by atoms with Gasteiger partial charge >= 0.3 is 0 Å². The average molecular weight is 302 g/mol. The van der Waals surface area contributed by atoms with Gasteiger partial charge in [0.05, 0.1) is 0 Å². The lowest BCUT2D eigenvalue weighted by Crippen LogP contribution is -1.86. The molecule has 0 saturated heterocycles. The first-order valence-electron chi connectivity index (χ1n) is 5.80. The van der Waals surface area contributed by atoms with Crippen LogP contribution < -0.4 is 0 Å². The summed E-state index contributed by atoms with van der Waals surface area (Å²) < 4.78 is 0. The summed E-state index contributed by atoms with van der Waals surface area (Å²) in [5.74, 6) is 7.28. The van der Waals surface area contributed by atoms with Gasteiger partial charge in [-0.05, 0) is 42.7 Å². The molecule has 0 N–H and O–H groups in total. The maximum atomic E-state index is 5.80. The molecule has 0 bridgehead atoms. The van der Waals surface area contributed by atoms with Gasteiger partial charge in [-0.2, -0.15) is 0 Å². The molecule has 0 aliphatic rings. The highest BCUT2D eigenvalue weighted by Crippen LogP contribution is 2.09. The minimum Gasteiger partial charge on any atom is -0.122 e. The maximum absolute atomic E-state index is 5.80. The summed E-state index contributed by atoms with van der Waals surface area (Å²) in [6.07, 6.45) is 4.98. The van der Waals surface area contributed by atoms with Gasteiger partial charge in [0.2, 0.25) is 0 Å². The molecule has 0 heterocycles. The normalized spacial score (nSPS) is 9.50. The molecule has 1 rings (SSSR count). The lowest BCUT2D eigenvalue weighted by atomic mass is 10.1. The van der Waals surface area contributed by atoms with E-state index >= 15 is 0 Å². The minimum absolute atomic E-state index is 0.514. The van der Waals surface area contributed by atoms with Gasteiger partial charge in [-0.25, -0.2) is 0 Å². The highest BCUT2D eigenvalue weighted by molar-refractivity contribution is 6.30. The smallest absolute Gasteiger partial charge is 0.0445 e. The van der Waals surface area contributed by atoms with Gasteiger partial charge in [0.1, 0.15) is 0 Å². The molecule has 18 heavy (non-hydrogen) atoms. The summed E-state index contributed by atoms with van der Waals surface area (Å²) in [5, 5.41) is 0.736. The van der Waals surface area contributed by atoms with E-state index in [0.717, 1.165) is 35.4 Å². The van der Waals surface area contributed by atoms with E-state index in [2.05, 4.69) is 17.9 Å². The van der Waals surface area contributed by atoms with E-state index < -0.39 is 0 Å². The Labute approximate surface area is 124 Å². The van der Waals surface area contributed by atoms with Crippen molar-refractivity contribution in [2.75, 3.05) is 11.8 Å². The van der Waals surface area contributed by atoms with Crippen LogP contribution in [0.2, 0.25) is 5.02 Å². The van der Waals surface area contributed by atoms with Crippen LogP contribution in [0.25, 0.3) is 0 Å². The first kappa shape index (κ1) is 15.4. The number of alkyl halides is 2. The van der Waals surface area contributed by atoms with Crippen LogP contribution in [-0.2, 0) is 0 Å². The molecule has 0 amide bonds. The molecule has 0 fully saturated rings. The second kappa shape index (κ2) is 9.34. The zero-order valence-electron chi connectivity index (χ0n) is 10.1. The molecule has 0 spiro atoms. The quantitative estimate of drug-likeness (QED) is 0.301. The topological polar surface area (TPSA) is 0 Å². The zero-order valence-corrected chi connectivity index (χ0v) is 12.3. The van der Waals surface area contributed by atoms with Gasteiger partial charge in [0.25, 0.3) is 0 Å². The van der Waals surface area contributed by atoms with Gasteiger partial charge in [-0.15, -0.1) is 23.2 Å². The Morgan fingerprint density at radius 1 is 1.11 bits per heavy atom. The zero-order chi connectivity index (χ0) is 13.2. The van der Waals surface area contributed by atoms with Crippen molar-refractivity contribution < 1.29 is 0 Å². The Kier molecular flexibility index (Phi) is 8.01. The number of halogens is 3. The predicted octanol–water partition coefficient (Wildman–Crippen LogP) is 5.27. The SMILES string of the molecule is ClCC(=CCCCC#Cc1ccc(Cl)cc1)CCl. The Balaban J connectivity index is 2.30. The molecule has 0 unspecified atom stereocenters. The molecule has 1 aromatic rings. The minimum atomic E-state index is 0.514. The number of benzene rings is 1. The van der Waals surface area contributed by atoms with Crippen LogP contribution >= 0.6 is 34.8 Å². The van der Waals surface area contributed by atoms with Crippen molar-refractivity contribution in [3.63, 3.8) is 0 Å². The monoisotopic (exact) mass is 300 g/mol. The van der Waals surface area contributed by atoms with Crippen LogP contribution in [0.15, 0.2) is 35.9 Å². The van der Waals surface area contributed by atoms with Crippen molar-refractivity contribution in [1.82, 2.24) is 0 Å². The molecule has 0 aliphatic heterocycles. The number of allylic oxidation sites excluding steroid dienone is 2. The van der Waals surface area contributed by atoms with Gasteiger partial charge < -0.3 is 0 Å². The van der Waals surface area contributed by atoms with Crippen molar-refractivity contribution in [2.24, 2.45) is 0 Å².